The number of para-hydroxylation sites is 1. The maximum atomic E-state index is 12.4. The highest BCUT2D eigenvalue weighted by Gasteiger charge is 2.11. The first kappa shape index (κ1) is 8.16. The Balaban J connectivity index is 2.79. The molecule has 0 saturated carbocycles. The molecule has 0 radical (unpaired) electrons. The lowest BCUT2D eigenvalue weighted by atomic mass is 10.2. The Morgan fingerprint density at radius 3 is 2.85 bits per heavy atom. The summed E-state index contributed by atoms with van der Waals surface area (Å²) in [6.45, 7) is -0.776. The third kappa shape index (κ3) is 1.18. The molecule has 0 amide bonds. The Labute approximate surface area is 73.8 Å². The summed E-state index contributed by atoms with van der Waals surface area (Å²) in [5.74, 6) is 0. The van der Waals surface area contributed by atoms with Crippen molar-refractivity contribution in [2.45, 2.75) is 13.5 Å². The zero-order valence-corrected chi connectivity index (χ0v) is 7.04. The quantitative estimate of drug-likeness (QED) is 0.663. The van der Waals surface area contributed by atoms with Crippen LogP contribution in [0.2, 0.25) is 0 Å². The molecule has 2 aromatic rings. The lowest BCUT2D eigenvalue weighted by Crippen LogP contribution is -2.00. The first-order chi connectivity index (χ1) is 6.20. The van der Waals surface area contributed by atoms with E-state index in [1.54, 1.807) is 19.1 Å². The first-order valence-corrected chi connectivity index (χ1v) is 3.91. The molecule has 0 aliphatic heterocycles. The second-order valence-corrected chi connectivity index (χ2v) is 2.88. The summed E-state index contributed by atoms with van der Waals surface area (Å²) in [7, 11) is 0. The summed E-state index contributed by atoms with van der Waals surface area (Å²) < 4.78 is 25.6. The molecule has 0 aliphatic carbocycles. The molecule has 2 rings (SSSR count). The van der Waals surface area contributed by atoms with Crippen LogP contribution in [0.15, 0.2) is 24.4 Å². The van der Waals surface area contributed by atoms with E-state index in [1.807, 2.05) is 6.07 Å². The fourth-order valence-corrected chi connectivity index (χ4v) is 1.43. The highest BCUT2D eigenvalue weighted by atomic mass is 19.3. The number of hydrogen-bond acceptors (Lipinski definition) is 1. The van der Waals surface area contributed by atoms with Crippen molar-refractivity contribution in [3.8, 4) is 0 Å². The molecule has 68 valence electrons. The Morgan fingerprint density at radius 1 is 1.38 bits per heavy atom. The van der Waals surface area contributed by atoms with Crippen molar-refractivity contribution in [2.24, 2.45) is 0 Å². The maximum Gasteiger partial charge on any atom is 0.333 e. The Hall–Kier alpha value is -1.45. The van der Waals surface area contributed by atoms with E-state index < -0.39 is 6.55 Å². The Morgan fingerprint density at radius 2 is 2.15 bits per heavy atom. The molecule has 2 nitrogen and oxygen atoms in total. The van der Waals surface area contributed by atoms with Gasteiger partial charge in [-0.2, -0.15) is 13.9 Å². The van der Waals surface area contributed by atoms with Crippen molar-refractivity contribution in [1.29, 1.82) is 0 Å². The van der Waals surface area contributed by atoms with Crippen LogP contribution in [-0.4, -0.2) is 9.78 Å². The first-order valence-electron chi connectivity index (χ1n) is 3.91. The van der Waals surface area contributed by atoms with Crippen LogP contribution in [-0.2, 0) is 0 Å². The predicted molar refractivity (Wildman–Crippen MR) is 45.7 cm³/mol. The van der Waals surface area contributed by atoms with E-state index in [2.05, 4.69) is 5.10 Å². The van der Waals surface area contributed by atoms with Gasteiger partial charge in [-0.05, 0) is 12.5 Å². The fourth-order valence-electron chi connectivity index (χ4n) is 1.43. The molecule has 0 saturated heterocycles. The molecule has 0 N–H and O–H groups in total. The maximum absolute atomic E-state index is 12.4. The van der Waals surface area contributed by atoms with Gasteiger partial charge in [0.2, 0.25) is 0 Å². The smallest absolute Gasteiger partial charge is 0.203 e. The molecule has 1 aromatic heterocycles. The Bertz CT molecular complexity index is 434. The van der Waals surface area contributed by atoms with Crippen molar-refractivity contribution in [2.75, 3.05) is 0 Å². The molecule has 0 bridgehead atoms. The second-order valence-electron chi connectivity index (χ2n) is 2.88. The lowest BCUT2D eigenvalue weighted by molar-refractivity contribution is 0.0614. The minimum atomic E-state index is -2.57. The summed E-state index contributed by atoms with van der Waals surface area (Å²) in [5.41, 5.74) is 1.33. The van der Waals surface area contributed by atoms with E-state index in [4.69, 9.17) is 0 Å². The molecule has 0 atom stereocenters. The van der Waals surface area contributed by atoms with Gasteiger partial charge < -0.3 is 0 Å². The molecule has 1 heterocycles. The number of aromatic nitrogens is 2. The van der Waals surface area contributed by atoms with Gasteiger partial charge in [-0.25, -0.2) is 4.68 Å². The summed E-state index contributed by atoms with van der Waals surface area (Å²) in [5, 5.41) is 4.37. The molecule has 0 aliphatic rings. The zero-order chi connectivity index (χ0) is 9.42. The van der Waals surface area contributed by atoms with Crippen molar-refractivity contribution in [1.82, 2.24) is 9.78 Å². The summed E-state index contributed by atoms with van der Waals surface area (Å²) in [6.07, 6.45) is 1.45. The van der Waals surface area contributed by atoms with E-state index >= 15 is 0 Å². The van der Waals surface area contributed by atoms with Gasteiger partial charge in [-0.15, -0.1) is 0 Å². The van der Waals surface area contributed by atoms with Crippen molar-refractivity contribution in [3.05, 3.63) is 30.0 Å². The zero-order valence-electron chi connectivity index (χ0n) is 7.04. The Kier molecular flexibility index (Phi) is 1.76. The minimum Gasteiger partial charge on any atom is -0.203 e. The standard InChI is InChI=1S/C9H8F2N2/c1-6-3-2-4-7-5-12-13(8(6)7)9(10)11/h2-5,9H,1H3. The monoisotopic (exact) mass is 182 g/mol. The topological polar surface area (TPSA) is 17.8 Å². The third-order valence-electron chi connectivity index (χ3n) is 2.00. The minimum absolute atomic E-state index is 0.512. The molecular weight excluding hydrogens is 174 g/mol. The van der Waals surface area contributed by atoms with Gasteiger partial charge in [0.25, 0.3) is 0 Å². The summed E-state index contributed by atoms with van der Waals surface area (Å²) in [4.78, 5) is 0. The third-order valence-corrected chi connectivity index (χ3v) is 2.00. The molecule has 1 aromatic carbocycles. The summed E-state index contributed by atoms with van der Waals surface area (Å²) >= 11 is 0. The highest BCUT2D eigenvalue weighted by molar-refractivity contribution is 5.81. The van der Waals surface area contributed by atoms with Crippen LogP contribution in [0, 0.1) is 6.92 Å². The average Bonchev–Trinajstić information content (AvgIpc) is 2.49. The lowest BCUT2D eigenvalue weighted by Gasteiger charge is -2.02. The normalized spacial score (nSPS) is 11.4. The number of fused-ring (bicyclic) bond motifs is 1. The molecule has 0 unspecified atom stereocenters. The van der Waals surface area contributed by atoms with Gasteiger partial charge in [0.1, 0.15) is 0 Å². The largest absolute Gasteiger partial charge is 0.333 e. The van der Waals surface area contributed by atoms with Crippen molar-refractivity contribution < 1.29 is 8.78 Å². The highest BCUT2D eigenvalue weighted by Crippen LogP contribution is 2.22. The number of hydrogen-bond donors (Lipinski definition) is 0. The van der Waals surface area contributed by atoms with E-state index in [-0.39, 0.29) is 0 Å². The van der Waals surface area contributed by atoms with Crippen LogP contribution in [0.1, 0.15) is 12.1 Å². The van der Waals surface area contributed by atoms with Gasteiger partial charge in [0, 0.05) is 5.39 Å². The van der Waals surface area contributed by atoms with Crippen LogP contribution in [0.5, 0.6) is 0 Å². The second kappa shape index (κ2) is 2.80. The number of rotatable bonds is 1. The fraction of sp³-hybridized carbons (Fsp3) is 0.222. The van der Waals surface area contributed by atoms with Gasteiger partial charge in [-0.3, -0.25) is 0 Å². The van der Waals surface area contributed by atoms with E-state index in [1.165, 1.54) is 6.20 Å². The van der Waals surface area contributed by atoms with Crippen molar-refractivity contribution in [3.63, 3.8) is 0 Å². The van der Waals surface area contributed by atoms with Gasteiger partial charge >= 0.3 is 6.55 Å². The van der Waals surface area contributed by atoms with E-state index in [9.17, 15) is 8.78 Å². The molecule has 4 heteroatoms. The SMILES string of the molecule is Cc1cccc2cnn(C(F)F)c12. The number of alkyl halides is 2. The predicted octanol–water partition coefficient (Wildman–Crippen LogP) is 2.74. The van der Waals surface area contributed by atoms with Crippen LogP contribution in [0.25, 0.3) is 10.9 Å². The average molecular weight is 182 g/mol. The molecular formula is C9H8F2N2. The van der Waals surface area contributed by atoms with Crippen LogP contribution < -0.4 is 0 Å². The van der Waals surface area contributed by atoms with E-state index in [0.29, 0.717) is 5.52 Å². The van der Waals surface area contributed by atoms with Gasteiger partial charge in [0.05, 0.1) is 11.7 Å². The van der Waals surface area contributed by atoms with Crippen LogP contribution >= 0.6 is 0 Å². The molecule has 13 heavy (non-hydrogen) atoms. The van der Waals surface area contributed by atoms with Crippen molar-refractivity contribution >= 4 is 10.9 Å². The van der Waals surface area contributed by atoms with Crippen LogP contribution in [0.4, 0.5) is 8.78 Å². The van der Waals surface area contributed by atoms with Gasteiger partial charge in [-0.1, -0.05) is 18.2 Å². The van der Waals surface area contributed by atoms with Crippen LogP contribution in [0.3, 0.4) is 0 Å². The number of aryl methyl sites for hydroxylation is 1. The van der Waals surface area contributed by atoms with E-state index in [0.717, 1.165) is 15.6 Å². The molecule has 0 fully saturated rings. The van der Waals surface area contributed by atoms with Gasteiger partial charge in [0.15, 0.2) is 0 Å². The number of nitrogens with zero attached hydrogens (tertiary/aromatic N) is 2. The number of halogens is 2. The number of benzene rings is 1. The summed E-state index contributed by atoms with van der Waals surface area (Å²) in [6, 6.07) is 5.40. The molecule has 0 spiro atoms.